The van der Waals surface area contributed by atoms with Gasteiger partial charge in [0.15, 0.2) is 0 Å². The lowest BCUT2D eigenvalue weighted by atomic mass is 9.85. The molecule has 5 rings (SSSR count). The second-order valence-electron chi connectivity index (χ2n) is 9.79. The molecule has 0 N–H and O–H groups in total. The first-order valence-electron chi connectivity index (χ1n) is 12.9. The second-order valence-corrected chi connectivity index (χ2v) is 10.2. The highest BCUT2D eigenvalue weighted by Crippen LogP contribution is 2.35. The van der Waals surface area contributed by atoms with Gasteiger partial charge in [-0.15, -0.1) is 5.10 Å². The lowest BCUT2D eigenvalue weighted by molar-refractivity contribution is -0.143. The van der Waals surface area contributed by atoms with Crippen LogP contribution in [0.3, 0.4) is 0 Å². The van der Waals surface area contributed by atoms with Crippen LogP contribution in [0.5, 0.6) is 0 Å². The Morgan fingerprint density at radius 3 is 2.92 bits per heavy atom. The average molecular weight is 521 g/mol. The Morgan fingerprint density at radius 1 is 1.27 bits per heavy atom. The Kier molecular flexibility index (Phi) is 7.58. The number of hydrogen-bond donors (Lipinski definition) is 0. The summed E-state index contributed by atoms with van der Waals surface area (Å²) in [6.45, 7) is 6.93. The lowest BCUT2D eigenvalue weighted by Crippen LogP contribution is -2.36. The summed E-state index contributed by atoms with van der Waals surface area (Å²) in [5, 5.41) is 13.7. The number of carbonyl (C=O) groups is 1. The van der Waals surface area contributed by atoms with Crippen molar-refractivity contribution in [3.05, 3.63) is 76.1 Å². The van der Waals surface area contributed by atoms with Crippen molar-refractivity contribution in [2.75, 3.05) is 19.7 Å². The van der Waals surface area contributed by atoms with Gasteiger partial charge in [0.05, 0.1) is 24.6 Å². The van der Waals surface area contributed by atoms with Crippen LogP contribution in [0.15, 0.2) is 48.8 Å². The third-order valence-corrected chi connectivity index (χ3v) is 7.75. The van der Waals surface area contributed by atoms with E-state index in [4.69, 9.17) is 16.3 Å². The number of benzene rings is 2. The molecule has 3 heterocycles. The van der Waals surface area contributed by atoms with Crippen molar-refractivity contribution in [2.45, 2.75) is 51.6 Å². The van der Waals surface area contributed by atoms with Gasteiger partial charge in [-0.25, -0.2) is 4.68 Å². The van der Waals surface area contributed by atoms with E-state index in [0.29, 0.717) is 12.6 Å². The maximum absolute atomic E-state index is 12.7. The smallest absolute Gasteiger partial charge is 0.306 e. The molecule has 2 aromatic heterocycles. The number of ether oxygens (including phenoxy) is 1. The largest absolute Gasteiger partial charge is 0.466 e. The van der Waals surface area contributed by atoms with Crippen molar-refractivity contribution < 1.29 is 9.53 Å². The highest BCUT2D eigenvalue weighted by molar-refractivity contribution is 6.31. The molecule has 1 aliphatic heterocycles. The number of esters is 1. The molecule has 2 unspecified atom stereocenters. The molecular weight excluding hydrogens is 488 g/mol. The van der Waals surface area contributed by atoms with Crippen molar-refractivity contribution >= 4 is 28.6 Å². The summed E-state index contributed by atoms with van der Waals surface area (Å²) in [5.41, 5.74) is 5.98. The molecule has 37 heavy (non-hydrogen) atoms. The molecule has 194 valence electrons. The SMILES string of the molecule is CCOC(=O)CC(c1ccc(Cl)c(CN2CCCC(n3cccn3)C2)c1)c1ccc2c(nnn2C)c1C. The van der Waals surface area contributed by atoms with Crippen LogP contribution in [0.25, 0.3) is 11.0 Å². The maximum Gasteiger partial charge on any atom is 0.306 e. The molecule has 8 nitrogen and oxygen atoms in total. The summed E-state index contributed by atoms with van der Waals surface area (Å²) in [4.78, 5) is 15.1. The van der Waals surface area contributed by atoms with Gasteiger partial charge < -0.3 is 4.74 Å². The number of aromatic nitrogens is 5. The Balaban J connectivity index is 1.46. The number of rotatable bonds is 8. The number of carbonyl (C=O) groups excluding carboxylic acids is 1. The minimum Gasteiger partial charge on any atom is -0.466 e. The third-order valence-electron chi connectivity index (χ3n) is 7.38. The summed E-state index contributed by atoms with van der Waals surface area (Å²) in [6, 6.07) is 12.6. The van der Waals surface area contributed by atoms with E-state index in [1.165, 1.54) is 0 Å². The fourth-order valence-electron chi connectivity index (χ4n) is 5.48. The third kappa shape index (κ3) is 5.40. The van der Waals surface area contributed by atoms with E-state index in [-0.39, 0.29) is 18.3 Å². The van der Waals surface area contributed by atoms with E-state index in [9.17, 15) is 4.79 Å². The molecule has 0 saturated carbocycles. The van der Waals surface area contributed by atoms with Crippen molar-refractivity contribution in [3.8, 4) is 0 Å². The molecule has 1 aliphatic rings. The minimum atomic E-state index is -0.222. The second kappa shape index (κ2) is 11.0. The van der Waals surface area contributed by atoms with Gasteiger partial charge in [0.2, 0.25) is 0 Å². The van der Waals surface area contributed by atoms with Crippen LogP contribution in [-0.2, 0) is 23.1 Å². The highest BCUT2D eigenvalue weighted by Gasteiger charge is 2.25. The number of nitrogens with zero attached hydrogens (tertiary/aromatic N) is 6. The zero-order chi connectivity index (χ0) is 25.9. The van der Waals surface area contributed by atoms with Gasteiger partial charge >= 0.3 is 5.97 Å². The summed E-state index contributed by atoms with van der Waals surface area (Å²) in [7, 11) is 1.88. The van der Waals surface area contributed by atoms with Crippen LogP contribution < -0.4 is 0 Å². The summed E-state index contributed by atoms with van der Waals surface area (Å²) in [6.07, 6.45) is 6.36. The number of hydrogen-bond acceptors (Lipinski definition) is 6. The monoisotopic (exact) mass is 520 g/mol. The van der Waals surface area contributed by atoms with Crippen LogP contribution >= 0.6 is 11.6 Å². The number of halogens is 1. The highest BCUT2D eigenvalue weighted by atomic mass is 35.5. The average Bonchev–Trinajstić information content (AvgIpc) is 3.56. The van der Waals surface area contributed by atoms with Crippen molar-refractivity contribution in [1.29, 1.82) is 0 Å². The normalized spacial score (nSPS) is 17.2. The predicted octanol–water partition coefficient (Wildman–Crippen LogP) is 5.05. The van der Waals surface area contributed by atoms with E-state index < -0.39 is 0 Å². The van der Waals surface area contributed by atoms with Crippen LogP contribution in [0.2, 0.25) is 5.02 Å². The zero-order valence-corrected chi connectivity index (χ0v) is 22.4. The minimum absolute atomic E-state index is 0.181. The first-order chi connectivity index (χ1) is 17.9. The molecule has 1 saturated heterocycles. The molecule has 9 heteroatoms. The van der Waals surface area contributed by atoms with E-state index in [0.717, 1.165) is 70.8 Å². The fourth-order valence-corrected chi connectivity index (χ4v) is 5.66. The van der Waals surface area contributed by atoms with Gasteiger partial charge in [-0.1, -0.05) is 35.0 Å². The van der Waals surface area contributed by atoms with Crippen molar-refractivity contribution in [3.63, 3.8) is 0 Å². The molecule has 4 aromatic rings. The first-order valence-corrected chi connectivity index (χ1v) is 13.3. The Hall–Kier alpha value is -3.23. The van der Waals surface area contributed by atoms with Gasteiger partial charge in [0, 0.05) is 43.5 Å². The van der Waals surface area contributed by atoms with Crippen LogP contribution in [-0.4, -0.2) is 55.3 Å². The van der Waals surface area contributed by atoms with Crippen molar-refractivity contribution in [2.24, 2.45) is 7.05 Å². The maximum atomic E-state index is 12.7. The lowest BCUT2D eigenvalue weighted by Gasteiger charge is -2.33. The molecule has 0 bridgehead atoms. The molecule has 2 atom stereocenters. The van der Waals surface area contributed by atoms with Crippen LogP contribution in [0.1, 0.15) is 60.4 Å². The van der Waals surface area contributed by atoms with E-state index in [1.807, 2.05) is 57.6 Å². The number of aryl methyl sites for hydroxylation is 2. The van der Waals surface area contributed by atoms with E-state index in [1.54, 1.807) is 4.68 Å². The molecule has 0 radical (unpaired) electrons. The van der Waals surface area contributed by atoms with E-state index >= 15 is 0 Å². The summed E-state index contributed by atoms with van der Waals surface area (Å²) >= 11 is 6.71. The summed E-state index contributed by atoms with van der Waals surface area (Å²) < 4.78 is 9.18. The number of piperidine rings is 1. The molecule has 0 spiro atoms. The Morgan fingerprint density at radius 2 is 2.14 bits per heavy atom. The fraction of sp³-hybridized carbons (Fsp3) is 0.429. The molecule has 2 aromatic carbocycles. The number of likely N-dealkylation sites (tertiary alicyclic amines) is 1. The first kappa shape index (κ1) is 25.4. The quantitative estimate of drug-likeness (QED) is 0.303. The van der Waals surface area contributed by atoms with Crippen molar-refractivity contribution in [1.82, 2.24) is 29.7 Å². The van der Waals surface area contributed by atoms with Gasteiger partial charge in [0.25, 0.3) is 0 Å². The Labute approximate surface area is 222 Å². The predicted molar refractivity (Wildman–Crippen MR) is 144 cm³/mol. The van der Waals surface area contributed by atoms with Crippen LogP contribution in [0.4, 0.5) is 0 Å². The molecule has 1 fully saturated rings. The molecule has 0 aliphatic carbocycles. The Bertz CT molecular complexity index is 1380. The van der Waals surface area contributed by atoms with Gasteiger partial charge in [-0.3, -0.25) is 14.4 Å². The van der Waals surface area contributed by atoms with Crippen LogP contribution in [0, 0.1) is 6.92 Å². The zero-order valence-electron chi connectivity index (χ0n) is 21.6. The molecule has 0 amide bonds. The topological polar surface area (TPSA) is 78.1 Å². The van der Waals surface area contributed by atoms with Gasteiger partial charge in [-0.2, -0.15) is 5.10 Å². The summed E-state index contributed by atoms with van der Waals surface area (Å²) in [5.74, 6) is -0.402. The van der Waals surface area contributed by atoms with Gasteiger partial charge in [0.1, 0.15) is 5.52 Å². The standard InChI is InChI=1S/C28H33ClN6O2/c1-4-37-27(36)16-24(23-9-11-26-28(19(23)2)31-32-33(26)3)20-8-10-25(29)21(15-20)17-34-13-5-7-22(18-34)35-14-6-12-30-35/h6,8-12,14-15,22,24H,4-5,7,13,16-18H2,1-3H3. The molecular formula is C28H33ClN6O2. The van der Waals surface area contributed by atoms with E-state index in [2.05, 4.69) is 37.1 Å². The number of fused-ring (bicyclic) bond motifs is 1. The van der Waals surface area contributed by atoms with Gasteiger partial charge in [-0.05, 0) is 73.7 Å².